The Morgan fingerprint density at radius 2 is 1.94 bits per heavy atom. The molecule has 0 amide bonds. The average molecular weight is 285 g/mol. The quantitative estimate of drug-likeness (QED) is 0.811. The van der Waals surface area contributed by atoms with E-state index in [0.29, 0.717) is 18.5 Å². The van der Waals surface area contributed by atoms with E-state index in [-0.39, 0.29) is 10.7 Å². The Labute approximate surface area is 107 Å². The van der Waals surface area contributed by atoms with Crippen LogP contribution in [0.5, 0.6) is 0 Å². The molecule has 0 saturated carbocycles. The van der Waals surface area contributed by atoms with Crippen molar-refractivity contribution in [1.82, 2.24) is 5.32 Å². The third-order valence-corrected chi connectivity index (χ3v) is 2.53. The van der Waals surface area contributed by atoms with Gasteiger partial charge in [0, 0.05) is 0 Å². The number of alkyl halides is 3. The Bertz CT molecular complexity index is 384. The highest BCUT2D eigenvalue weighted by atomic mass is 35.5. The van der Waals surface area contributed by atoms with Crippen molar-refractivity contribution >= 4 is 17.3 Å². The second-order valence-corrected chi connectivity index (χ2v) is 4.16. The van der Waals surface area contributed by atoms with Gasteiger partial charge in [0.1, 0.15) is 12.4 Å². The summed E-state index contributed by atoms with van der Waals surface area (Å²) in [6.07, 6.45) is -3.87. The second kappa shape index (κ2) is 6.24. The lowest BCUT2D eigenvalue weighted by Crippen LogP contribution is -2.22. The van der Waals surface area contributed by atoms with Gasteiger partial charge in [-0.15, -0.1) is 0 Å². The molecule has 1 aromatic rings. The van der Waals surface area contributed by atoms with Crippen molar-refractivity contribution in [2.24, 2.45) is 0 Å². The molecule has 0 spiro atoms. The van der Waals surface area contributed by atoms with E-state index in [1.807, 2.05) is 5.32 Å². The maximum absolute atomic E-state index is 13.6. The number of nitrogens with one attached hydrogen (secondary N) is 2. The van der Waals surface area contributed by atoms with Gasteiger partial charge in [-0.2, -0.15) is 13.2 Å². The van der Waals surface area contributed by atoms with Crippen molar-refractivity contribution in [3.63, 3.8) is 0 Å². The molecule has 102 valence electrons. The van der Waals surface area contributed by atoms with Gasteiger partial charge in [0.05, 0.1) is 10.7 Å². The molecule has 0 atom stereocenters. The van der Waals surface area contributed by atoms with E-state index in [1.165, 1.54) is 12.1 Å². The fourth-order valence-electron chi connectivity index (χ4n) is 1.40. The molecule has 0 fully saturated rings. The van der Waals surface area contributed by atoms with Crippen molar-refractivity contribution in [1.29, 1.82) is 0 Å². The van der Waals surface area contributed by atoms with Crippen LogP contribution in [0.1, 0.15) is 5.56 Å². The molecule has 0 radical (unpaired) electrons. The number of likely N-dealkylation sites (N-methyl/N-ethyl adjacent to an activating group) is 1. The Morgan fingerprint density at radius 3 is 2.44 bits per heavy atom. The zero-order chi connectivity index (χ0) is 13.8. The molecule has 0 aromatic heterocycles. The summed E-state index contributed by atoms with van der Waals surface area (Å²) in [5, 5.41) is 4.79. The van der Waals surface area contributed by atoms with Gasteiger partial charge >= 0.3 is 6.18 Å². The van der Waals surface area contributed by atoms with Crippen LogP contribution in [0, 0.1) is 5.82 Å². The Kier molecular flexibility index (Phi) is 5.22. The molecule has 2 nitrogen and oxygen atoms in total. The predicted molar refractivity (Wildman–Crippen MR) is 63.6 cm³/mol. The molecule has 7 heteroatoms. The van der Waals surface area contributed by atoms with Gasteiger partial charge in [-0.25, -0.2) is 4.39 Å². The van der Waals surface area contributed by atoms with E-state index in [9.17, 15) is 17.6 Å². The molecule has 1 rings (SSSR count). The highest BCUT2D eigenvalue weighted by Gasteiger charge is 2.27. The summed E-state index contributed by atoms with van der Waals surface area (Å²) >= 11 is 5.75. The number of hydrogen-bond donors (Lipinski definition) is 2. The zero-order valence-electron chi connectivity index (χ0n) is 9.67. The number of rotatable bonds is 5. The highest BCUT2D eigenvalue weighted by molar-refractivity contribution is 6.33. The Hall–Kier alpha value is -1.01. The maximum atomic E-state index is 13.6. The van der Waals surface area contributed by atoms with Gasteiger partial charge in [-0.05, 0) is 37.7 Å². The van der Waals surface area contributed by atoms with Crippen LogP contribution in [0.4, 0.5) is 23.2 Å². The first kappa shape index (κ1) is 15.0. The van der Waals surface area contributed by atoms with Crippen molar-refractivity contribution in [3.8, 4) is 0 Å². The lowest BCUT2D eigenvalue weighted by molar-refractivity contribution is -0.115. The van der Waals surface area contributed by atoms with Gasteiger partial charge in [0.25, 0.3) is 0 Å². The standard InChI is InChI=1S/C11H13ClF4N2/c1-17-3-2-7-4-8(12)10(9(13)5-7)18-6-11(14,15)16/h4-5,17-18H,2-3,6H2,1H3. The van der Waals surface area contributed by atoms with Gasteiger partial charge in [0.2, 0.25) is 0 Å². The molecule has 0 unspecified atom stereocenters. The number of benzene rings is 1. The SMILES string of the molecule is CNCCc1cc(F)c(NCC(F)(F)F)c(Cl)c1. The molecule has 18 heavy (non-hydrogen) atoms. The molecule has 1 aromatic carbocycles. The number of halogens is 5. The Balaban J connectivity index is 2.81. The topological polar surface area (TPSA) is 24.1 Å². The van der Waals surface area contributed by atoms with Crippen LogP contribution in [0.3, 0.4) is 0 Å². The predicted octanol–water partition coefficient (Wildman–Crippen LogP) is 3.22. The first-order valence-corrected chi connectivity index (χ1v) is 5.64. The molecular weight excluding hydrogens is 272 g/mol. The lowest BCUT2D eigenvalue weighted by atomic mass is 10.1. The van der Waals surface area contributed by atoms with Crippen LogP contribution in [0.2, 0.25) is 5.02 Å². The average Bonchev–Trinajstić information content (AvgIpc) is 2.23. The molecular formula is C11H13ClF4N2. The van der Waals surface area contributed by atoms with Crippen molar-refractivity contribution in [2.75, 3.05) is 25.5 Å². The summed E-state index contributed by atoms with van der Waals surface area (Å²) in [7, 11) is 1.75. The van der Waals surface area contributed by atoms with Gasteiger partial charge in [0.15, 0.2) is 0 Å². The summed E-state index contributed by atoms with van der Waals surface area (Å²) in [6.45, 7) is -0.690. The number of hydrogen-bond acceptors (Lipinski definition) is 2. The second-order valence-electron chi connectivity index (χ2n) is 3.76. The minimum absolute atomic E-state index is 0.0506. The van der Waals surface area contributed by atoms with E-state index in [0.717, 1.165) is 0 Å². The minimum atomic E-state index is -4.42. The van der Waals surface area contributed by atoms with E-state index in [4.69, 9.17) is 11.6 Å². The highest BCUT2D eigenvalue weighted by Crippen LogP contribution is 2.28. The van der Waals surface area contributed by atoms with Gasteiger partial charge in [-0.1, -0.05) is 11.6 Å². The molecule has 0 aliphatic rings. The fraction of sp³-hybridized carbons (Fsp3) is 0.455. The third kappa shape index (κ3) is 4.70. The third-order valence-electron chi connectivity index (χ3n) is 2.23. The minimum Gasteiger partial charge on any atom is -0.373 e. The van der Waals surface area contributed by atoms with E-state index >= 15 is 0 Å². The first-order valence-electron chi connectivity index (χ1n) is 5.26. The monoisotopic (exact) mass is 284 g/mol. The first-order chi connectivity index (χ1) is 8.33. The fourth-order valence-corrected chi connectivity index (χ4v) is 1.69. The van der Waals surface area contributed by atoms with Crippen LogP contribution in [0.15, 0.2) is 12.1 Å². The van der Waals surface area contributed by atoms with Gasteiger partial charge < -0.3 is 10.6 Å². The summed E-state index contributed by atoms with van der Waals surface area (Å²) in [5.41, 5.74) is 0.312. The smallest absolute Gasteiger partial charge is 0.373 e. The molecule has 0 heterocycles. The van der Waals surface area contributed by atoms with Crippen molar-refractivity contribution in [3.05, 3.63) is 28.5 Å². The largest absolute Gasteiger partial charge is 0.405 e. The van der Waals surface area contributed by atoms with Crippen LogP contribution in [-0.2, 0) is 6.42 Å². The summed E-state index contributed by atoms with van der Waals surface area (Å²) in [5.74, 6) is -0.780. The Morgan fingerprint density at radius 1 is 1.28 bits per heavy atom. The maximum Gasteiger partial charge on any atom is 0.405 e. The van der Waals surface area contributed by atoms with E-state index in [2.05, 4.69) is 5.32 Å². The van der Waals surface area contributed by atoms with E-state index in [1.54, 1.807) is 7.05 Å². The molecule has 0 aliphatic carbocycles. The summed E-state index contributed by atoms with van der Waals surface area (Å²) < 4.78 is 49.6. The van der Waals surface area contributed by atoms with Crippen LogP contribution in [0.25, 0.3) is 0 Å². The van der Waals surface area contributed by atoms with Gasteiger partial charge in [-0.3, -0.25) is 0 Å². The summed E-state index contributed by atoms with van der Waals surface area (Å²) in [6, 6.07) is 2.64. The normalized spacial score (nSPS) is 11.7. The van der Waals surface area contributed by atoms with Crippen LogP contribution in [-0.4, -0.2) is 26.3 Å². The van der Waals surface area contributed by atoms with Crippen molar-refractivity contribution in [2.45, 2.75) is 12.6 Å². The number of anilines is 1. The molecule has 2 N–H and O–H groups in total. The van der Waals surface area contributed by atoms with Crippen LogP contribution < -0.4 is 10.6 Å². The summed E-state index contributed by atoms with van der Waals surface area (Å²) in [4.78, 5) is 0. The molecule has 0 saturated heterocycles. The molecule has 0 aliphatic heterocycles. The lowest BCUT2D eigenvalue weighted by Gasteiger charge is -2.13. The van der Waals surface area contributed by atoms with E-state index < -0.39 is 18.5 Å². The van der Waals surface area contributed by atoms with Crippen LogP contribution >= 0.6 is 11.6 Å². The van der Waals surface area contributed by atoms with Crippen molar-refractivity contribution < 1.29 is 17.6 Å². The molecule has 0 bridgehead atoms. The zero-order valence-corrected chi connectivity index (χ0v) is 10.4.